The smallest absolute Gasteiger partial charge is 0.274 e. The maximum Gasteiger partial charge on any atom is 0.274 e. The summed E-state index contributed by atoms with van der Waals surface area (Å²) in [6.07, 6.45) is 2.47. The lowest BCUT2D eigenvalue weighted by atomic mass is 10.2. The highest BCUT2D eigenvalue weighted by molar-refractivity contribution is 6.30. The van der Waals surface area contributed by atoms with E-state index >= 15 is 0 Å². The van der Waals surface area contributed by atoms with E-state index in [1.165, 1.54) is 0 Å². The van der Waals surface area contributed by atoms with Crippen LogP contribution in [0.4, 0.5) is 0 Å². The summed E-state index contributed by atoms with van der Waals surface area (Å²) in [5.41, 5.74) is 1.92. The van der Waals surface area contributed by atoms with Crippen molar-refractivity contribution in [1.29, 1.82) is 0 Å². The normalized spacial score (nSPS) is 19.5. The number of hydrogen-bond donors (Lipinski definition) is 2. The molecule has 1 fully saturated rings. The maximum atomic E-state index is 13.3. The molecule has 3 aromatic rings. The van der Waals surface area contributed by atoms with Gasteiger partial charge in [-0.15, -0.1) is 0 Å². The zero-order valence-corrected chi connectivity index (χ0v) is 18.1. The van der Waals surface area contributed by atoms with Crippen molar-refractivity contribution in [3.05, 3.63) is 46.4 Å². The quantitative estimate of drug-likeness (QED) is 0.579. The first-order valence-corrected chi connectivity index (χ1v) is 10.5. The van der Waals surface area contributed by atoms with Crippen LogP contribution < -0.4 is 5.32 Å². The van der Waals surface area contributed by atoms with Gasteiger partial charge in [-0.05, 0) is 32.9 Å². The summed E-state index contributed by atoms with van der Waals surface area (Å²) >= 11 is 6.21. The molecule has 3 aromatic heterocycles. The van der Waals surface area contributed by atoms with Crippen molar-refractivity contribution in [2.24, 2.45) is 0 Å². The number of amides is 1. The van der Waals surface area contributed by atoms with Crippen molar-refractivity contribution >= 4 is 23.2 Å². The van der Waals surface area contributed by atoms with E-state index in [0.717, 1.165) is 17.3 Å². The summed E-state index contributed by atoms with van der Waals surface area (Å²) in [4.78, 5) is 24.1. The predicted octanol–water partition coefficient (Wildman–Crippen LogP) is 2.00. The highest BCUT2D eigenvalue weighted by atomic mass is 35.5. The monoisotopic (exact) mass is 431 g/mol. The second kappa shape index (κ2) is 8.71. The largest absolute Gasteiger partial charge is 0.372 e. The number of nitrogens with zero attached hydrogens (tertiary/aromatic N) is 5. The standard InChI is InChI=1S/C20H26ClN7O2/c1-12-9-27(10-13(2)30-12)20(29)19-16(28-11-15(21)4-5-18(28)24-19)8-22-7-6-17-23-14(3)25-26-17/h4-5,11-13,22H,6-10H2,1-3H3,(H,23,25,26)/t12-,13+. The van der Waals surface area contributed by atoms with Crippen LogP contribution >= 0.6 is 11.6 Å². The highest BCUT2D eigenvalue weighted by Crippen LogP contribution is 2.20. The minimum atomic E-state index is -0.0850. The molecule has 9 nitrogen and oxygen atoms in total. The molecule has 1 amide bonds. The minimum absolute atomic E-state index is 0.00411. The lowest BCUT2D eigenvalue weighted by Crippen LogP contribution is -2.48. The van der Waals surface area contributed by atoms with E-state index in [0.29, 0.717) is 49.0 Å². The van der Waals surface area contributed by atoms with Crippen LogP contribution in [0.15, 0.2) is 18.3 Å². The van der Waals surface area contributed by atoms with E-state index in [1.54, 1.807) is 12.3 Å². The molecule has 0 aliphatic carbocycles. The number of aryl methyl sites for hydroxylation is 1. The van der Waals surface area contributed by atoms with E-state index in [1.807, 2.05) is 36.1 Å². The molecule has 10 heteroatoms. The van der Waals surface area contributed by atoms with Crippen molar-refractivity contribution in [3.63, 3.8) is 0 Å². The molecule has 4 heterocycles. The van der Waals surface area contributed by atoms with Gasteiger partial charge in [0.15, 0.2) is 11.5 Å². The van der Waals surface area contributed by atoms with Gasteiger partial charge in [0.2, 0.25) is 0 Å². The van der Waals surface area contributed by atoms with Crippen LogP contribution in [0.1, 0.15) is 41.7 Å². The number of carbonyl (C=O) groups is 1. The van der Waals surface area contributed by atoms with E-state index in [4.69, 9.17) is 16.3 Å². The molecule has 0 saturated carbocycles. The van der Waals surface area contributed by atoms with Crippen molar-refractivity contribution < 1.29 is 9.53 Å². The number of carbonyl (C=O) groups excluding carboxylic acids is 1. The molecule has 0 radical (unpaired) electrons. The zero-order valence-electron chi connectivity index (χ0n) is 17.4. The van der Waals surface area contributed by atoms with Gasteiger partial charge >= 0.3 is 0 Å². The number of fused-ring (bicyclic) bond motifs is 1. The first-order chi connectivity index (χ1) is 14.4. The Bertz CT molecular complexity index is 1040. The van der Waals surface area contributed by atoms with Gasteiger partial charge in [-0.2, -0.15) is 5.10 Å². The number of halogens is 1. The Labute approximate surface area is 179 Å². The van der Waals surface area contributed by atoms with E-state index in [9.17, 15) is 4.79 Å². The molecule has 1 aliphatic heterocycles. The Balaban J connectivity index is 1.55. The fourth-order valence-electron chi connectivity index (χ4n) is 3.81. The molecule has 30 heavy (non-hydrogen) atoms. The number of H-pyrrole nitrogens is 1. The molecule has 2 atom stereocenters. The fraction of sp³-hybridized carbons (Fsp3) is 0.500. The predicted molar refractivity (Wildman–Crippen MR) is 113 cm³/mol. The SMILES string of the molecule is Cc1nc(CCNCc2c(C(=O)N3C[C@@H](C)O[C@@H](C)C3)nc3ccc(Cl)cn23)n[nH]1. The van der Waals surface area contributed by atoms with Gasteiger partial charge < -0.3 is 19.4 Å². The number of hydrogen-bond acceptors (Lipinski definition) is 6. The molecule has 1 saturated heterocycles. The van der Waals surface area contributed by atoms with Crippen molar-refractivity contribution in [2.45, 2.75) is 45.9 Å². The Morgan fingerprint density at radius 2 is 2.07 bits per heavy atom. The van der Waals surface area contributed by atoms with Gasteiger partial charge in [0.1, 0.15) is 11.5 Å². The number of nitrogens with one attached hydrogen (secondary N) is 2. The number of aromatic nitrogens is 5. The number of ether oxygens (including phenoxy) is 1. The Kier molecular flexibility index (Phi) is 6.03. The summed E-state index contributed by atoms with van der Waals surface area (Å²) in [5.74, 6) is 1.47. The molecule has 4 rings (SSSR count). The number of pyridine rings is 1. The summed E-state index contributed by atoms with van der Waals surface area (Å²) < 4.78 is 7.65. The molecule has 0 aromatic carbocycles. The van der Waals surface area contributed by atoms with Crippen LogP contribution in [0.5, 0.6) is 0 Å². The lowest BCUT2D eigenvalue weighted by Gasteiger charge is -2.35. The second-order valence-electron chi connectivity index (χ2n) is 7.71. The van der Waals surface area contributed by atoms with Crippen LogP contribution in [0.2, 0.25) is 5.02 Å². The van der Waals surface area contributed by atoms with Crippen molar-refractivity contribution in [1.82, 2.24) is 34.8 Å². The lowest BCUT2D eigenvalue weighted by molar-refractivity contribution is -0.0587. The number of morpholine rings is 1. The molecule has 2 N–H and O–H groups in total. The van der Waals surface area contributed by atoms with Gasteiger partial charge in [-0.1, -0.05) is 11.6 Å². The van der Waals surface area contributed by atoms with E-state index in [-0.39, 0.29) is 18.1 Å². The summed E-state index contributed by atoms with van der Waals surface area (Å²) in [6.45, 7) is 8.08. The zero-order chi connectivity index (χ0) is 21.3. The number of imidazole rings is 1. The third kappa shape index (κ3) is 4.48. The molecule has 1 aliphatic rings. The molecule has 0 spiro atoms. The molecular formula is C20H26ClN7O2. The van der Waals surface area contributed by atoms with Crippen molar-refractivity contribution in [3.8, 4) is 0 Å². The molecule has 160 valence electrons. The Hall–Kier alpha value is -2.49. The molecular weight excluding hydrogens is 406 g/mol. The van der Waals surface area contributed by atoms with Crippen LogP contribution in [0, 0.1) is 6.92 Å². The van der Waals surface area contributed by atoms with Gasteiger partial charge in [0.25, 0.3) is 5.91 Å². The highest BCUT2D eigenvalue weighted by Gasteiger charge is 2.30. The fourth-order valence-corrected chi connectivity index (χ4v) is 3.97. The van der Waals surface area contributed by atoms with E-state index < -0.39 is 0 Å². The van der Waals surface area contributed by atoms with Crippen LogP contribution in [-0.2, 0) is 17.7 Å². The molecule has 0 bridgehead atoms. The summed E-state index contributed by atoms with van der Waals surface area (Å²) in [5, 5.41) is 11.0. The van der Waals surface area contributed by atoms with Crippen LogP contribution in [0.25, 0.3) is 5.65 Å². The first-order valence-electron chi connectivity index (χ1n) is 10.1. The van der Waals surface area contributed by atoms with Crippen LogP contribution in [-0.4, -0.2) is 67.2 Å². The number of aromatic amines is 1. The third-order valence-corrected chi connectivity index (χ3v) is 5.28. The van der Waals surface area contributed by atoms with E-state index in [2.05, 4.69) is 25.5 Å². The van der Waals surface area contributed by atoms with Gasteiger partial charge in [0.05, 0.1) is 22.9 Å². The Morgan fingerprint density at radius 3 is 2.77 bits per heavy atom. The minimum Gasteiger partial charge on any atom is -0.372 e. The second-order valence-corrected chi connectivity index (χ2v) is 8.15. The third-order valence-electron chi connectivity index (χ3n) is 5.05. The average molecular weight is 432 g/mol. The molecule has 0 unspecified atom stereocenters. The van der Waals surface area contributed by atoms with Gasteiger partial charge in [-0.25, -0.2) is 9.97 Å². The summed E-state index contributed by atoms with van der Waals surface area (Å²) in [7, 11) is 0. The Morgan fingerprint density at radius 1 is 1.30 bits per heavy atom. The average Bonchev–Trinajstić information content (AvgIpc) is 3.27. The van der Waals surface area contributed by atoms with Crippen LogP contribution in [0.3, 0.4) is 0 Å². The topological polar surface area (TPSA) is 100 Å². The first kappa shape index (κ1) is 20.8. The summed E-state index contributed by atoms with van der Waals surface area (Å²) in [6, 6.07) is 3.60. The van der Waals surface area contributed by atoms with Gasteiger partial charge in [-0.3, -0.25) is 9.89 Å². The van der Waals surface area contributed by atoms with Gasteiger partial charge in [0, 0.05) is 38.8 Å². The number of rotatable bonds is 6. The van der Waals surface area contributed by atoms with Crippen molar-refractivity contribution in [2.75, 3.05) is 19.6 Å². The maximum absolute atomic E-state index is 13.3.